The summed E-state index contributed by atoms with van der Waals surface area (Å²) < 4.78 is 44.2. The van der Waals surface area contributed by atoms with Gasteiger partial charge in [-0.25, -0.2) is 9.59 Å². The topological polar surface area (TPSA) is 78.9 Å². The lowest BCUT2D eigenvalue weighted by Crippen LogP contribution is -2.27. The summed E-state index contributed by atoms with van der Waals surface area (Å²) in [6.07, 6.45) is -4.23. The summed E-state index contributed by atoms with van der Waals surface area (Å²) in [4.78, 5) is 24.5. The second-order valence-electron chi connectivity index (χ2n) is 6.70. The van der Waals surface area contributed by atoms with E-state index in [-0.39, 0.29) is 15.5 Å². The number of hydrogen-bond donors (Lipinski definition) is 2. The zero-order valence-corrected chi connectivity index (χ0v) is 16.3. The summed E-state index contributed by atoms with van der Waals surface area (Å²) in [5, 5.41) is 11.6. The molecule has 2 N–H and O–H groups in total. The molecule has 0 bridgehead atoms. The van der Waals surface area contributed by atoms with Gasteiger partial charge in [-0.2, -0.15) is 13.2 Å². The van der Waals surface area contributed by atoms with Gasteiger partial charge in [-0.3, -0.25) is 5.32 Å². The Labute approximate surface area is 159 Å². The first kappa shape index (κ1) is 22.7. The van der Waals surface area contributed by atoms with E-state index in [0.717, 1.165) is 18.2 Å². The van der Waals surface area contributed by atoms with E-state index >= 15 is 0 Å². The van der Waals surface area contributed by atoms with E-state index in [1.165, 1.54) is 11.1 Å². The molecule has 0 aliphatic heterocycles. The molecule has 1 rings (SSSR count). The number of carboxylic acid groups (broad SMARTS) is 1. The molecular formula is C17H21F3N2O4S. The number of benzene rings is 1. The predicted octanol–water partition coefficient (Wildman–Crippen LogP) is 4.63. The first-order valence-corrected chi connectivity index (χ1v) is 8.51. The summed E-state index contributed by atoms with van der Waals surface area (Å²) in [5.41, 5.74) is -1.76. The molecule has 0 spiro atoms. The smallest absolute Gasteiger partial charge is 0.416 e. The standard InChI is InChI=1S/C17H21F3N2O4S/c1-16(2,3)26-15(25)21-11-7-6-10(17(18,19)20)8-12(11)27-13(14(23)24)9-22(4)5/h6-9H,1-5H3,(H,21,25)(H,23,24). The van der Waals surface area contributed by atoms with Crippen LogP contribution in [-0.2, 0) is 15.7 Å². The summed E-state index contributed by atoms with van der Waals surface area (Å²) in [6, 6.07) is 2.64. The molecule has 0 radical (unpaired) electrons. The Morgan fingerprint density at radius 3 is 2.26 bits per heavy atom. The maximum absolute atomic E-state index is 13.0. The van der Waals surface area contributed by atoms with E-state index in [1.54, 1.807) is 34.9 Å². The van der Waals surface area contributed by atoms with E-state index < -0.39 is 29.4 Å². The Kier molecular flexibility index (Phi) is 7.18. The van der Waals surface area contributed by atoms with Gasteiger partial charge < -0.3 is 14.7 Å². The lowest BCUT2D eigenvalue weighted by atomic mass is 10.2. The van der Waals surface area contributed by atoms with Crippen LogP contribution in [0.25, 0.3) is 0 Å². The van der Waals surface area contributed by atoms with Gasteiger partial charge >= 0.3 is 18.2 Å². The number of rotatable bonds is 5. The summed E-state index contributed by atoms with van der Waals surface area (Å²) in [6.45, 7) is 4.91. The predicted molar refractivity (Wildman–Crippen MR) is 96.6 cm³/mol. The molecule has 1 amide bonds. The third-order valence-corrected chi connectivity index (χ3v) is 3.81. The number of hydrogen-bond acceptors (Lipinski definition) is 5. The summed E-state index contributed by atoms with van der Waals surface area (Å²) in [7, 11) is 3.16. The van der Waals surface area contributed by atoms with Gasteiger partial charge in [0, 0.05) is 25.2 Å². The molecule has 0 aliphatic rings. The molecule has 0 atom stereocenters. The van der Waals surface area contributed by atoms with Crippen molar-refractivity contribution < 1.29 is 32.6 Å². The van der Waals surface area contributed by atoms with E-state index in [4.69, 9.17) is 4.74 Å². The van der Waals surface area contributed by atoms with Crippen molar-refractivity contribution in [3.05, 3.63) is 34.9 Å². The fourth-order valence-electron chi connectivity index (χ4n) is 1.78. The highest BCUT2D eigenvalue weighted by Gasteiger charge is 2.31. The van der Waals surface area contributed by atoms with Crippen molar-refractivity contribution in [3.63, 3.8) is 0 Å². The number of nitrogens with zero attached hydrogens (tertiary/aromatic N) is 1. The number of thioether (sulfide) groups is 1. The van der Waals surface area contributed by atoms with Crippen molar-refractivity contribution in [3.8, 4) is 0 Å². The van der Waals surface area contributed by atoms with Crippen LogP contribution < -0.4 is 5.32 Å². The molecule has 0 aromatic heterocycles. The molecule has 0 aliphatic carbocycles. The largest absolute Gasteiger partial charge is 0.477 e. The molecule has 10 heteroatoms. The molecule has 0 heterocycles. The van der Waals surface area contributed by atoms with Gasteiger partial charge in [0.2, 0.25) is 0 Å². The maximum atomic E-state index is 13.0. The third kappa shape index (κ3) is 7.81. The highest BCUT2D eigenvalue weighted by Crippen LogP contribution is 2.38. The number of alkyl halides is 3. The van der Waals surface area contributed by atoms with Crippen molar-refractivity contribution in [1.82, 2.24) is 4.90 Å². The number of ether oxygens (including phenoxy) is 1. The van der Waals surface area contributed by atoms with Crippen molar-refractivity contribution in [2.24, 2.45) is 0 Å². The zero-order chi connectivity index (χ0) is 21.0. The molecule has 0 fully saturated rings. The van der Waals surface area contributed by atoms with Gasteiger partial charge in [-0.05, 0) is 39.0 Å². The highest BCUT2D eigenvalue weighted by molar-refractivity contribution is 8.04. The highest BCUT2D eigenvalue weighted by atomic mass is 32.2. The minimum absolute atomic E-state index is 0.00755. The Hall–Kier alpha value is -2.36. The molecule has 0 unspecified atom stereocenters. The number of aliphatic carboxylic acids is 1. The molecule has 1 aromatic carbocycles. The van der Waals surface area contributed by atoms with Gasteiger partial charge in [0.1, 0.15) is 10.5 Å². The zero-order valence-electron chi connectivity index (χ0n) is 15.5. The fraction of sp³-hybridized carbons (Fsp3) is 0.412. The Morgan fingerprint density at radius 2 is 1.81 bits per heavy atom. The summed E-state index contributed by atoms with van der Waals surface area (Å²) >= 11 is 0.592. The average Bonchev–Trinajstić information content (AvgIpc) is 2.44. The van der Waals surface area contributed by atoms with Crippen LogP contribution in [0, 0.1) is 0 Å². The number of nitrogens with one attached hydrogen (secondary N) is 1. The van der Waals surface area contributed by atoms with Crippen LogP contribution in [0.15, 0.2) is 34.2 Å². The average molecular weight is 406 g/mol. The lowest BCUT2D eigenvalue weighted by molar-refractivity contribution is -0.137. The monoisotopic (exact) mass is 406 g/mol. The van der Waals surface area contributed by atoms with Crippen LogP contribution >= 0.6 is 11.8 Å². The first-order valence-electron chi connectivity index (χ1n) is 7.69. The maximum Gasteiger partial charge on any atom is 0.416 e. The Bertz CT molecular complexity index is 741. The van der Waals surface area contributed by atoms with Gasteiger partial charge in [0.05, 0.1) is 11.3 Å². The molecule has 6 nitrogen and oxygen atoms in total. The SMILES string of the molecule is CN(C)C=C(Sc1cc(C(F)(F)F)ccc1NC(=O)OC(C)(C)C)C(=O)O. The van der Waals surface area contributed by atoms with Gasteiger partial charge in [-0.15, -0.1) is 0 Å². The Balaban J connectivity index is 3.30. The number of carboxylic acids is 1. The number of anilines is 1. The van der Waals surface area contributed by atoms with Gasteiger partial charge in [-0.1, -0.05) is 11.8 Å². The number of carbonyl (C=O) groups is 2. The minimum atomic E-state index is -4.62. The second-order valence-corrected chi connectivity index (χ2v) is 7.78. The van der Waals surface area contributed by atoms with Crippen LogP contribution in [0.1, 0.15) is 26.3 Å². The van der Waals surface area contributed by atoms with E-state index in [9.17, 15) is 27.9 Å². The number of halogens is 3. The minimum Gasteiger partial charge on any atom is -0.477 e. The number of carbonyl (C=O) groups excluding carboxylic acids is 1. The van der Waals surface area contributed by atoms with Crippen molar-refractivity contribution in [2.45, 2.75) is 37.4 Å². The van der Waals surface area contributed by atoms with Crippen LogP contribution in [-0.4, -0.2) is 41.8 Å². The normalized spacial score (nSPS) is 12.5. The van der Waals surface area contributed by atoms with Crippen molar-refractivity contribution in [1.29, 1.82) is 0 Å². The molecule has 0 saturated carbocycles. The number of amides is 1. The van der Waals surface area contributed by atoms with Crippen LogP contribution in [0.5, 0.6) is 0 Å². The molecule has 1 aromatic rings. The van der Waals surface area contributed by atoms with E-state index in [0.29, 0.717) is 11.8 Å². The van der Waals surface area contributed by atoms with Gasteiger partial charge in [0.15, 0.2) is 0 Å². The van der Waals surface area contributed by atoms with Crippen LogP contribution in [0.4, 0.5) is 23.7 Å². The third-order valence-electron chi connectivity index (χ3n) is 2.75. The fourth-order valence-corrected chi connectivity index (χ4v) is 2.78. The molecular weight excluding hydrogens is 385 g/mol. The molecule has 27 heavy (non-hydrogen) atoms. The van der Waals surface area contributed by atoms with Crippen molar-refractivity contribution >= 4 is 29.5 Å². The lowest BCUT2D eigenvalue weighted by Gasteiger charge is -2.21. The van der Waals surface area contributed by atoms with Crippen LogP contribution in [0.3, 0.4) is 0 Å². The molecule has 0 saturated heterocycles. The van der Waals surface area contributed by atoms with Gasteiger partial charge in [0.25, 0.3) is 0 Å². The van der Waals surface area contributed by atoms with E-state index in [2.05, 4.69) is 5.32 Å². The first-order chi connectivity index (χ1) is 12.2. The second kappa shape index (κ2) is 8.55. The quantitative estimate of drug-likeness (QED) is 0.548. The Morgan fingerprint density at radius 1 is 1.22 bits per heavy atom. The van der Waals surface area contributed by atoms with Crippen molar-refractivity contribution in [2.75, 3.05) is 19.4 Å². The van der Waals surface area contributed by atoms with E-state index in [1.807, 2.05) is 0 Å². The summed E-state index contributed by atoms with van der Waals surface area (Å²) in [5.74, 6) is -1.31. The molecule has 150 valence electrons. The van der Waals surface area contributed by atoms with Crippen LogP contribution in [0.2, 0.25) is 0 Å².